The maximum atomic E-state index is 4.39. The van der Waals surface area contributed by atoms with Crippen molar-refractivity contribution in [3.8, 4) is 0 Å². The molecule has 2 aromatic heterocycles. The molecular weight excluding hydrogens is 244 g/mol. The van der Waals surface area contributed by atoms with Crippen molar-refractivity contribution in [2.24, 2.45) is 0 Å². The third kappa shape index (κ3) is 2.11. The van der Waals surface area contributed by atoms with E-state index in [1.54, 1.807) is 17.5 Å². The van der Waals surface area contributed by atoms with Gasteiger partial charge in [-0.05, 0) is 6.42 Å². The van der Waals surface area contributed by atoms with Crippen LogP contribution in [0.5, 0.6) is 0 Å². The van der Waals surface area contributed by atoms with E-state index in [2.05, 4.69) is 31.9 Å². The van der Waals surface area contributed by atoms with Crippen LogP contribution in [0.25, 0.3) is 0 Å². The minimum atomic E-state index is 0.285. The molecule has 1 radical (unpaired) electrons. The Morgan fingerprint density at radius 1 is 1.67 bits per heavy atom. The largest absolute Gasteiger partial charge is 0.347 e. The molecule has 1 N–H and O–H groups in total. The van der Waals surface area contributed by atoms with Gasteiger partial charge in [-0.15, -0.1) is 17.9 Å². The van der Waals surface area contributed by atoms with Crippen LogP contribution in [0.2, 0.25) is 0 Å². The molecule has 0 fully saturated rings. The molecule has 1 aliphatic heterocycles. The first-order chi connectivity index (χ1) is 8.88. The van der Waals surface area contributed by atoms with Crippen molar-refractivity contribution < 1.29 is 0 Å². The van der Waals surface area contributed by atoms with Gasteiger partial charge in [0.1, 0.15) is 5.82 Å². The first-order valence-corrected chi connectivity index (χ1v) is 6.89. The van der Waals surface area contributed by atoms with Gasteiger partial charge >= 0.3 is 0 Å². The second kappa shape index (κ2) is 5.04. The van der Waals surface area contributed by atoms with Crippen molar-refractivity contribution in [1.29, 1.82) is 0 Å². The molecular formula is C13H15N4S. The quantitative estimate of drug-likeness (QED) is 0.857. The predicted octanol–water partition coefficient (Wildman–Crippen LogP) is 2.34. The van der Waals surface area contributed by atoms with Crippen LogP contribution >= 0.6 is 11.3 Å². The van der Waals surface area contributed by atoms with Crippen LogP contribution in [0.15, 0.2) is 25.0 Å². The van der Waals surface area contributed by atoms with Crippen molar-refractivity contribution in [3.05, 3.63) is 47.0 Å². The summed E-state index contributed by atoms with van der Waals surface area (Å²) in [7, 11) is 0. The molecule has 0 amide bonds. The lowest BCUT2D eigenvalue weighted by Gasteiger charge is -2.32. The average molecular weight is 259 g/mol. The molecule has 3 heterocycles. The van der Waals surface area contributed by atoms with Gasteiger partial charge in [-0.3, -0.25) is 4.90 Å². The molecule has 3 rings (SSSR count). The fourth-order valence-corrected chi connectivity index (χ4v) is 3.17. The van der Waals surface area contributed by atoms with Crippen LogP contribution in [0, 0.1) is 5.51 Å². The fraction of sp³-hybridized carbons (Fsp3) is 0.385. The third-order valence-electron chi connectivity index (χ3n) is 3.32. The van der Waals surface area contributed by atoms with Crippen molar-refractivity contribution in [2.45, 2.75) is 25.4 Å². The second-order valence-electron chi connectivity index (χ2n) is 4.41. The first kappa shape index (κ1) is 11.6. The monoisotopic (exact) mass is 259 g/mol. The van der Waals surface area contributed by atoms with E-state index in [0.717, 1.165) is 31.8 Å². The van der Waals surface area contributed by atoms with Gasteiger partial charge in [-0.25, -0.2) is 9.97 Å². The lowest BCUT2D eigenvalue weighted by Crippen LogP contribution is -2.34. The Bertz CT molecular complexity index is 517. The highest BCUT2D eigenvalue weighted by Crippen LogP contribution is 2.29. The molecule has 1 atom stereocenters. The number of imidazole rings is 1. The van der Waals surface area contributed by atoms with Gasteiger partial charge in [0.15, 0.2) is 5.51 Å². The molecule has 1 aliphatic rings. The summed E-state index contributed by atoms with van der Waals surface area (Å²) in [4.78, 5) is 15.7. The number of aromatic amines is 1. The number of hydrogen-bond acceptors (Lipinski definition) is 4. The minimum Gasteiger partial charge on any atom is -0.347 e. The van der Waals surface area contributed by atoms with E-state index in [0.29, 0.717) is 0 Å². The van der Waals surface area contributed by atoms with Gasteiger partial charge in [0.25, 0.3) is 0 Å². The van der Waals surface area contributed by atoms with Crippen LogP contribution in [0.4, 0.5) is 0 Å². The summed E-state index contributed by atoms with van der Waals surface area (Å²) in [5.41, 5.74) is 4.20. The highest BCUT2D eigenvalue weighted by molar-refractivity contribution is 7.09. The predicted molar refractivity (Wildman–Crippen MR) is 71.2 cm³/mol. The molecule has 2 aromatic rings. The lowest BCUT2D eigenvalue weighted by molar-refractivity contribution is 0.175. The number of nitrogens with zero attached hydrogens (tertiary/aromatic N) is 3. The maximum Gasteiger partial charge on any atom is 0.152 e. The Balaban J connectivity index is 1.82. The van der Waals surface area contributed by atoms with Gasteiger partial charge in [0.05, 0.1) is 11.7 Å². The molecule has 4 nitrogen and oxygen atoms in total. The molecule has 0 aliphatic carbocycles. The number of H-pyrrole nitrogens is 1. The smallest absolute Gasteiger partial charge is 0.152 e. The Hall–Kier alpha value is -1.46. The maximum absolute atomic E-state index is 4.39. The van der Waals surface area contributed by atoms with Gasteiger partial charge in [0, 0.05) is 36.8 Å². The van der Waals surface area contributed by atoms with Crippen molar-refractivity contribution in [3.63, 3.8) is 0 Å². The Morgan fingerprint density at radius 3 is 3.39 bits per heavy atom. The standard InChI is InChI=1S/C13H15N4S/c1-2-3-11(13-14-5-6-15-13)17-7-4-10-12(8-17)18-9-16-10/h2,5-6,11H,1,3-4,7-8H2,(H,14,15). The van der Waals surface area contributed by atoms with Crippen LogP contribution in [-0.4, -0.2) is 26.4 Å². The number of fused-ring (bicyclic) bond motifs is 1. The number of nitrogens with one attached hydrogen (secondary N) is 1. The Kier molecular flexibility index (Phi) is 3.25. The molecule has 0 spiro atoms. The number of rotatable bonds is 4. The van der Waals surface area contributed by atoms with Crippen molar-refractivity contribution in [1.82, 2.24) is 19.9 Å². The van der Waals surface area contributed by atoms with Crippen LogP contribution < -0.4 is 0 Å². The summed E-state index contributed by atoms with van der Waals surface area (Å²) in [6.45, 7) is 5.81. The minimum absolute atomic E-state index is 0.285. The summed E-state index contributed by atoms with van der Waals surface area (Å²) >= 11 is 1.63. The Labute approximate surface area is 110 Å². The lowest BCUT2D eigenvalue weighted by atomic mass is 10.1. The summed E-state index contributed by atoms with van der Waals surface area (Å²) in [5, 5.41) is 0. The van der Waals surface area contributed by atoms with E-state index in [9.17, 15) is 0 Å². The molecule has 18 heavy (non-hydrogen) atoms. The molecule has 0 saturated heterocycles. The van der Waals surface area contributed by atoms with E-state index in [-0.39, 0.29) is 6.04 Å². The summed E-state index contributed by atoms with van der Waals surface area (Å²) in [6, 6.07) is 0.285. The zero-order chi connectivity index (χ0) is 12.4. The topological polar surface area (TPSA) is 44.8 Å². The van der Waals surface area contributed by atoms with E-state index in [4.69, 9.17) is 0 Å². The van der Waals surface area contributed by atoms with Gasteiger partial charge in [0.2, 0.25) is 0 Å². The zero-order valence-electron chi connectivity index (χ0n) is 10.1. The van der Waals surface area contributed by atoms with E-state index >= 15 is 0 Å². The van der Waals surface area contributed by atoms with E-state index < -0.39 is 0 Å². The zero-order valence-corrected chi connectivity index (χ0v) is 10.9. The Morgan fingerprint density at radius 2 is 2.61 bits per heavy atom. The highest BCUT2D eigenvalue weighted by Gasteiger charge is 2.26. The van der Waals surface area contributed by atoms with Crippen LogP contribution in [-0.2, 0) is 13.0 Å². The molecule has 0 aromatic carbocycles. The molecule has 0 bridgehead atoms. The van der Waals surface area contributed by atoms with Crippen LogP contribution in [0.1, 0.15) is 28.9 Å². The SMILES string of the molecule is C=CCC(c1ncc[nH]1)N1CCc2n[c]sc2C1. The van der Waals surface area contributed by atoms with Crippen molar-refractivity contribution >= 4 is 11.3 Å². The molecule has 0 saturated carbocycles. The molecule has 93 valence electrons. The van der Waals surface area contributed by atoms with Gasteiger partial charge < -0.3 is 4.98 Å². The summed E-state index contributed by atoms with van der Waals surface area (Å²) in [6.07, 6.45) is 7.55. The summed E-state index contributed by atoms with van der Waals surface area (Å²) < 4.78 is 0. The number of aromatic nitrogens is 3. The molecule has 5 heteroatoms. The molecule has 1 unspecified atom stereocenters. The second-order valence-corrected chi connectivity index (χ2v) is 5.29. The van der Waals surface area contributed by atoms with Gasteiger partial charge in [-0.2, -0.15) is 0 Å². The summed E-state index contributed by atoms with van der Waals surface area (Å²) in [5.74, 6) is 1.02. The van der Waals surface area contributed by atoms with Crippen molar-refractivity contribution in [2.75, 3.05) is 6.54 Å². The van der Waals surface area contributed by atoms with E-state index in [1.807, 2.05) is 12.3 Å². The first-order valence-electron chi connectivity index (χ1n) is 6.07. The average Bonchev–Trinajstić information content (AvgIpc) is 3.05. The van der Waals surface area contributed by atoms with Crippen LogP contribution in [0.3, 0.4) is 0 Å². The van der Waals surface area contributed by atoms with Gasteiger partial charge in [-0.1, -0.05) is 6.08 Å². The third-order valence-corrected chi connectivity index (χ3v) is 4.11. The fourth-order valence-electron chi connectivity index (χ4n) is 2.40. The number of thiazole rings is 1. The number of hydrogen-bond donors (Lipinski definition) is 1. The normalized spacial score (nSPS) is 17.3. The van der Waals surface area contributed by atoms with E-state index in [1.165, 1.54) is 10.6 Å². The highest BCUT2D eigenvalue weighted by atomic mass is 32.1.